The van der Waals surface area contributed by atoms with Gasteiger partial charge >= 0.3 is 5.69 Å². The van der Waals surface area contributed by atoms with Gasteiger partial charge in [-0.2, -0.15) is 5.10 Å². The van der Waals surface area contributed by atoms with Crippen LogP contribution in [0.2, 0.25) is 0 Å². The van der Waals surface area contributed by atoms with Gasteiger partial charge in [-0.25, -0.2) is 0 Å². The number of ether oxygens (including phenoxy) is 2. The molecule has 28 heavy (non-hydrogen) atoms. The van der Waals surface area contributed by atoms with Crippen molar-refractivity contribution in [2.45, 2.75) is 19.5 Å². The molecule has 2 aliphatic rings. The van der Waals surface area contributed by atoms with Gasteiger partial charge in [-0.3, -0.25) is 19.6 Å². The van der Waals surface area contributed by atoms with E-state index >= 15 is 0 Å². The standard InChI is InChI=1S/C18H21N5O5/c1-13(22-11-15(9-19-22)23(25)26)18(24)21-6-4-20(5-7-21)10-14-2-3-16-17(8-14)28-12-27-16/h2-3,8-9,11,13H,4-7,10,12H2,1H3/p+1/t13-/m0/s1. The van der Waals surface area contributed by atoms with E-state index in [4.69, 9.17) is 9.47 Å². The van der Waals surface area contributed by atoms with Crippen LogP contribution >= 0.6 is 0 Å². The lowest BCUT2D eigenvalue weighted by atomic mass is 10.1. The van der Waals surface area contributed by atoms with E-state index in [1.807, 2.05) is 18.2 Å². The number of hydrogen-bond donors (Lipinski definition) is 1. The highest BCUT2D eigenvalue weighted by molar-refractivity contribution is 5.80. The average molecular weight is 388 g/mol. The molecular formula is C18H22N5O5+. The number of fused-ring (bicyclic) bond motifs is 1. The van der Waals surface area contributed by atoms with E-state index in [9.17, 15) is 14.9 Å². The summed E-state index contributed by atoms with van der Waals surface area (Å²) in [5, 5.41) is 14.7. The van der Waals surface area contributed by atoms with Gasteiger partial charge in [0, 0.05) is 5.56 Å². The zero-order chi connectivity index (χ0) is 19.7. The summed E-state index contributed by atoms with van der Waals surface area (Å²) in [6, 6.07) is 5.43. The first-order valence-corrected chi connectivity index (χ1v) is 9.20. The fourth-order valence-corrected chi connectivity index (χ4v) is 3.57. The van der Waals surface area contributed by atoms with Crippen molar-refractivity contribution in [3.05, 3.63) is 46.3 Å². The van der Waals surface area contributed by atoms with Crippen molar-refractivity contribution >= 4 is 11.6 Å². The summed E-state index contributed by atoms with van der Waals surface area (Å²) < 4.78 is 12.1. The summed E-state index contributed by atoms with van der Waals surface area (Å²) >= 11 is 0. The van der Waals surface area contributed by atoms with Crippen LogP contribution in [0.3, 0.4) is 0 Å². The smallest absolute Gasteiger partial charge is 0.307 e. The summed E-state index contributed by atoms with van der Waals surface area (Å²) in [5.41, 5.74) is 1.06. The number of rotatable bonds is 5. The molecule has 2 aliphatic heterocycles. The van der Waals surface area contributed by atoms with Crippen LogP contribution in [0.4, 0.5) is 5.69 Å². The molecule has 0 unspecified atom stereocenters. The van der Waals surface area contributed by atoms with Crippen molar-refractivity contribution < 1.29 is 24.1 Å². The van der Waals surface area contributed by atoms with E-state index in [0.29, 0.717) is 13.1 Å². The molecule has 10 nitrogen and oxygen atoms in total. The van der Waals surface area contributed by atoms with Crippen molar-refractivity contribution in [3.8, 4) is 11.5 Å². The predicted molar refractivity (Wildman–Crippen MR) is 97.1 cm³/mol. The summed E-state index contributed by atoms with van der Waals surface area (Å²) in [5.74, 6) is 1.50. The number of carbonyl (C=O) groups is 1. The first-order valence-electron chi connectivity index (χ1n) is 9.20. The lowest BCUT2D eigenvalue weighted by molar-refractivity contribution is -0.917. The highest BCUT2D eigenvalue weighted by atomic mass is 16.7. The van der Waals surface area contributed by atoms with Gasteiger partial charge in [0.25, 0.3) is 0 Å². The molecule has 1 aromatic carbocycles. The zero-order valence-electron chi connectivity index (χ0n) is 15.5. The monoisotopic (exact) mass is 388 g/mol. The molecule has 10 heteroatoms. The fourth-order valence-electron chi connectivity index (χ4n) is 3.57. The Kier molecular flexibility index (Phi) is 4.86. The zero-order valence-corrected chi connectivity index (χ0v) is 15.5. The van der Waals surface area contributed by atoms with Crippen LogP contribution in [0.25, 0.3) is 0 Å². The van der Waals surface area contributed by atoms with Gasteiger partial charge in [0.1, 0.15) is 25.0 Å². The lowest BCUT2D eigenvalue weighted by Gasteiger charge is -2.33. The molecule has 148 valence electrons. The molecule has 1 saturated heterocycles. The fraction of sp³-hybridized carbons (Fsp3) is 0.444. The van der Waals surface area contributed by atoms with Gasteiger partial charge in [0.2, 0.25) is 12.7 Å². The maximum atomic E-state index is 12.7. The number of piperazine rings is 1. The Morgan fingerprint density at radius 3 is 2.79 bits per heavy atom. The second kappa shape index (κ2) is 7.47. The Hall–Kier alpha value is -3.14. The number of quaternary nitrogens is 1. The molecule has 0 aliphatic carbocycles. The molecule has 4 rings (SSSR count). The first-order chi connectivity index (χ1) is 13.5. The van der Waals surface area contributed by atoms with E-state index in [1.54, 1.807) is 11.8 Å². The molecule has 0 spiro atoms. The van der Waals surface area contributed by atoms with Gasteiger partial charge in [-0.1, -0.05) is 0 Å². The predicted octanol–water partition coefficient (Wildman–Crippen LogP) is 0.00830. The Bertz CT molecular complexity index is 890. The molecule has 0 bridgehead atoms. The molecule has 2 aromatic rings. The molecular weight excluding hydrogens is 366 g/mol. The third-order valence-corrected chi connectivity index (χ3v) is 5.23. The molecule has 1 aromatic heterocycles. The Morgan fingerprint density at radius 1 is 1.32 bits per heavy atom. The second-order valence-electron chi connectivity index (χ2n) is 7.05. The third kappa shape index (κ3) is 3.63. The summed E-state index contributed by atoms with van der Waals surface area (Å²) in [6.07, 6.45) is 2.46. The van der Waals surface area contributed by atoms with Gasteiger partial charge in [0.05, 0.1) is 31.1 Å². The number of amides is 1. The minimum absolute atomic E-state index is 0.0693. The SMILES string of the molecule is C[C@@H](C(=O)N1CC[NH+](Cc2ccc3c(c2)OCO3)CC1)n1cc([N+](=O)[O-])cn1. The largest absolute Gasteiger partial charge is 0.454 e. The van der Waals surface area contributed by atoms with Crippen molar-refractivity contribution in [1.29, 1.82) is 0 Å². The number of benzene rings is 1. The van der Waals surface area contributed by atoms with Crippen LogP contribution in [-0.2, 0) is 11.3 Å². The maximum absolute atomic E-state index is 12.7. The van der Waals surface area contributed by atoms with Crippen LogP contribution in [0.5, 0.6) is 11.5 Å². The molecule has 1 amide bonds. The van der Waals surface area contributed by atoms with Gasteiger partial charge < -0.3 is 19.3 Å². The van der Waals surface area contributed by atoms with Crippen LogP contribution in [0.1, 0.15) is 18.5 Å². The Balaban J connectivity index is 1.31. The average Bonchev–Trinajstić information content (AvgIpc) is 3.37. The summed E-state index contributed by atoms with van der Waals surface area (Å²) in [6.45, 7) is 5.81. The van der Waals surface area contributed by atoms with Crippen molar-refractivity contribution in [1.82, 2.24) is 14.7 Å². The summed E-state index contributed by atoms with van der Waals surface area (Å²) in [4.78, 5) is 26.2. The molecule has 1 fully saturated rings. The number of aromatic nitrogens is 2. The van der Waals surface area contributed by atoms with Gasteiger partial charge in [0.15, 0.2) is 11.5 Å². The minimum Gasteiger partial charge on any atom is -0.454 e. The van der Waals surface area contributed by atoms with Crippen molar-refractivity contribution in [3.63, 3.8) is 0 Å². The molecule has 0 radical (unpaired) electrons. The first kappa shape index (κ1) is 18.2. The van der Waals surface area contributed by atoms with E-state index in [0.717, 1.165) is 37.3 Å². The van der Waals surface area contributed by atoms with Gasteiger partial charge in [-0.15, -0.1) is 0 Å². The normalized spacial score (nSPS) is 17.5. The van der Waals surface area contributed by atoms with E-state index in [1.165, 1.54) is 21.3 Å². The van der Waals surface area contributed by atoms with Crippen LogP contribution < -0.4 is 14.4 Å². The number of nitrogens with one attached hydrogen (secondary N) is 1. The van der Waals surface area contributed by atoms with Crippen LogP contribution in [0.15, 0.2) is 30.6 Å². The molecule has 0 saturated carbocycles. The third-order valence-electron chi connectivity index (χ3n) is 5.23. The van der Waals surface area contributed by atoms with E-state index < -0.39 is 11.0 Å². The Labute approximate surface area is 161 Å². The van der Waals surface area contributed by atoms with Crippen LogP contribution in [0, 0.1) is 10.1 Å². The van der Waals surface area contributed by atoms with Crippen LogP contribution in [-0.4, -0.2) is 58.5 Å². The highest BCUT2D eigenvalue weighted by Crippen LogP contribution is 2.32. The number of nitrogens with zero attached hydrogens (tertiary/aromatic N) is 4. The lowest BCUT2D eigenvalue weighted by Crippen LogP contribution is -3.13. The second-order valence-corrected chi connectivity index (χ2v) is 7.05. The number of nitro groups is 1. The van der Waals surface area contributed by atoms with E-state index in [2.05, 4.69) is 5.10 Å². The van der Waals surface area contributed by atoms with Gasteiger partial charge in [-0.05, 0) is 25.1 Å². The Morgan fingerprint density at radius 2 is 2.07 bits per heavy atom. The summed E-state index contributed by atoms with van der Waals surface area (Å²) in [7, 11) is 0. The maximum Gasteiger partial charge on any atom is 0.307 e. The van der Waals surface area contributed by atoms with Crippen molar-refractivity contribution in [2.24, 2.45) is 0 Å². The molecule has 1 atom stereocenters. The van der Waals surface area contributed by atoms with Crippen molar-refractivity contribution in [2.75, 3.05) is 33.0 Å². The number of hydrogen-bond acceptors (Lipinski definition) is 6. The topological polar surface area (TPSA) is 104 Å². The number of carbonyl (C=O) groups excluding carboxylic acids is 1. The quantitative estimate of drug-likeness (QED) is 0.572. The molecule has 1 N–H and O–H groups in total. The van der Waals surface area contributed by atoms with E-state index in [-0.39, 0.29) is 18.4 Å². The highest BCUT2D eigenvalue weighted by Gasteiger charge is 2.29. The molecule has 3 heterocycles. The minimum atomic E-state index is -0.566.